The van der Waals surface area contributed by atoms with Gasteiger partial charge in [-0.15, -0.1) is 11.3 Å². The van der Waals surface area contributed by atoms with E-state index in [4.69, 9.17) is 11.6 Å². The Kier molecular flexibility index (Phi) is 4.96. The molecule has 0 fully saturated rings. The average molecular weight is 375 g/mol. The van der Waals surface area contributed by atoms with Crippen LogP contribution in [0.2, 0.25) is 5.02 Å². The van der Waals surface area contributed by atoms with E-state index < -0.39 is 0 Å². The molecule has 1 amide bonds. The number of nitrogens with one attached hydrogen (secondary N) is 2. The molecular weight excluding hydrogens is 360 g/mol. The van der Waals surface area contributed by atoms with E-state index >= 15 is 0 Å². The zero-order valence-corrected chi connectivity index (χ0v) is 15.2. The zero-order valence-electron chi connectivity index (χ0n) is 13.6. The lowest BCUT2D eigenvalue weighted by atomic mass is 10.2. The fraction of sp³-hybridized carbons (Fsp3) is 0.176. The Morgan fingerprint density at radius 3 is 3.00 bits per heavy atom. The Labute approximate surface area is 152 Å². The maximum absolute atomic E-state index is 12.2. The number of rotatable bonds is 4. The van der Waals surface area contributed by atoms with Crippen LogP contribution in [0.4, 0.5) is 0 Å². The van der Waals surface area contributed by atoms with Crippen molar-refractivity contribution in [2.45, 2.75) is 20.3 Å². The third kappa shape index (κ3) is 3.94. The molecule has 0 aliphatic carbocycles. The molecule has 0 radical (unpaired) electrons. The molecule has 6 nitrogen and oxygen atoms in total. The second kappa shape index (κ2) is 7.16. The van der Waals surface area contributed by atoms with E-state index in [0.29, 0.717) is 21.1 Å². The van der Waals surface area contributed by atoms with Gasteiger partial charge in [-0.1, -0.05) is 23.7 Å². The van der Waals surface area contributed by atoms with Crippen molar-refractivity contribution >= 4 is 45.3 Å². The SMILES string of the molecule is Cc1sc2nc(CC(=O)N/N=C/c3cccc(Cl)c3)[nH]c(=O)c2c1C. The molecule has 0 bridgehead atoms. The number of carbonyl (C=O) groups is 1. The number of aromatic amines is 1. The molecule has 8 heteroatoms. The molecule has 1 aromatic carbocycles. The summed E-state index contributed by atoms with van der Waals surface area (Å²) in [5.41, 5.74) is 3.88. The van der Waals surface area contributed by atoms with E-state index in [2.05, 4.69) is 20.5 Å². The van der Waals surface area contributed by atoms with Gasteiger partial charge in [-0.25, -0.2) is 10.4 Å². The molecule has 25 heavy (non-hydrogen) atoms. The molecule has 0 saturated carbocycles. The van der Waals surface area contributed by atoms with Gasteiger partial charge < -0.3 is 4.98 Å². The Balaban J connectivity index is 1.71. The van der Waals surface area contributed by atoms with Crippen LogP contribution in [-0.2, 0) is 11.2 Å². The highest BCUT2D eigenvalue weighted by Gasteiger charge is 2.13. The van der Waals surface area contributed by atoms with Crippen molar-refractivity contribution in [2.75, 3.05) is 0 Å². The van der Waals surface area contributed by atoms with Crippen LogP contribution in [0.15, 0.2) is 34.2 Å². The van der Waals surface area contributed by atoms with Crippen molar-refractivity contribution in [1.29, 1.82) is 0 Å². The minimum Gasteiger partial charge on any atom is -0.309 e. The van der Waals surface area contributed by atoms with Crippen LogP contribution in [0.3, 0.4) is 0 Å². The second-order valence-electron chi connectivity index (χ2n) is 5.50. The van der Waals surface area contributed by atoms with Gasteiger partial charge in [-0.05, 0) is 37.1 Å². The van der Waals surface area contributed by atoms with Crippen molar-refractivity contribution in [3.05, 3.63) is 61.5 Å². The number of fused-ring (bicyclic) bond motifs is 1. The predicted molar refractivity (Wildman–Crippen MR) is 101 cm³/mol. The van der Waals surface area contributed by atoms with Gasteiger partial charge in [0.05, 0.1) is 18.0 Å². The summed E-state index contributed by atoms with van der Waals surface area (Å²) in [5.74, 6) is -0.0556. The average Bonchev–Trinajstić information content (AvgIpc) is 2.82. The number of hydrogen-bond donors (Lipinski definition) is 2. The summed E-state index contributed by atoms with van der Waals surface area (Å²) in [4.78, 5) is 32.9. The van der Waals surface area contributed by atoms with Gasteiger partial charge in [0.15, 0.2) is 0 Å². The first-order valence-electron chi connectivity index (χ1n) is 7.50. The number of aryl methyl sites for hydroxylation is 2. The minimum atomic E-state index is -0.370. The molecule has 128 valence electrons. The number of benzene rings is 1. The third-order valence-corrected chi connectivity index (χ3v) is 5.00. The van der Waals surface area contributed by atoms with Crippen molar-refractivity contribution in [2.24, 2.45) is 5.10 Å². The zero-order chi connectivity index (χ0) is 18.0. The molecule has 2 aromatic heterocycles. The number of amides is 1. The molecule has 0 atom stereocenters. The number of H-pyrrole nitrogens is 1. The Morgan fingerprint density at radius 2 is 2.24 bits per heavy atom. The first kappa shape index (κ1) is 17.3. The van der Waals surface area contributed by atoms with E-state index in [0.717, 1.165) is 16.0 Å². The quantitative estimate of drug-likeness (QED) is 0.543. The maximum atomic E-state index is 12.2. The van der Waals surface area contributed by atoms with E-state index in [1.807, 2.05) is 19.9 Å². The van der Waals surface area contributed by atoms with Gasteiger partial charge >= 0.3 is 0 Å². The summed E-state index contributed by atoms with van der Waals surface area (Å²) in [5, 5.41) is 5.06. The topological polar surface area (TPSA) is 87.2 Å². The van der Waals surface area contributed by atoms with Crippen LogP contribution in [0.1, 0.15) is 21.8 Å². The van der Waals surface area contributed by atoms with Crippen molar-refractivity contribution in [1.82, 2.24) is 15.4 Å². The number of nitrogens with zero attached hydrogens (tertiary/aromatic N) is 2. The fourth-order valence-corrected chi connectivity index (χ4v) is 3.59. The highest BCUT2D eigenvalue weighted by atomic mass is 35.5. The molecule has 0 aliphatic heterocycles. The van der Waals surface area contributed by atoms with Gasteiger partial charge in [-0.2, -0.15) is 5.10 Å². The summed E-state index contributed by atoms with van der Waals surface area (Å²) < 4.78 is 0. The molecule has 0 unspecified atom stereocenters. The van der Waals surface area contributed by atoms with Gasteiger partial charge in [-0.3, -0.25) is 9.59 Å². The summed E-state index contributed by atoms with van der Waals surface area (Å²) >= 11 is 7.32. The summed E-state index contributed by atoms with van der Waals surface area (Å²) in [6.07, 6.45) is 1.43. The highest BCUT2D eigenvalue weighted by Crippen LogP contribution is 2.25. The molecule has 2 N–H and O–H groups in total. The van der Waals surface area contributed by atoms with Crippen LogP contribution in [0, 0.1) is 13.8 Å². The summed E-state index contributed by atoms with van der Waals surface area (Å²) in [7, 11) is 0. The van der Waals surface area contributed by atoms with Crippen LogP contribution in [-0.4, -0.2) is 22.1 Å². The number of halogens is 1. The lowest BCUT2D eigenvalue weighted by Gasteiger charge is -2.01. The van der Waals surface area contributed by atoms with Gasteiger partial charge in [0.2, 0.25) is 5.91 Å². The van der Waals surface area contributed by atoms with Gasteiger partial charge in [0, 0.05) is 9.90 Å². The van der Waals surface area contributed by atoms with Crippen LogP contribution >= 0.6 is 22.9 Å². The number of aromatic nitrogens is 2. The van der Waals surface area contributed by atoms with Crippen molar-refractivity contribution in [3.63, 3.8) is 0 Å². The predicted octanol–water partition coefficient (Wildman–Crippen LogP) is 2.95. The first-order chi connectivity index (χ1) is 11.9. The normalized spacial score (nSPS) is 11.3. The third-order valence-electron chi connectivity index (χ3n) is 3.67. The highest BCUT2D eigenvalue weighted by molar-refractivity contribution is 7.18. The lowest BCUT2D eigenvalue weighted by molar-refractivity contribution is -0.120. The molecule has 0 aliphatic rings. The smallest absolute Gasteiger partial charge is 0.259 e. The lowest BCUT2D eigenvalue weighted by Crippen LogP contribution is -2.23. The standard InChI is InChI=1S/C17H15ClN4O2S/c1-9-10(2)25-17-15(9)16(24)20-13(21-17)7-14(23)22-19-8-11-4-3-5-12(18)6-11/h3-6,8H,7H2,1-2H3,(H,22,23)(H,20,21,24)/b19-8+. The van der Waals surface area contributed by atoms with Crippen LogP contribution in [0.5, 0.6) is 0 Å². The fourth-order valence-electron chi connectivity index (χ4n) is 2.34. The molecule has 0 spiro atoms. The summed E-state index contributed by atoms with van der Waals surface area (Å²) in [6, 6.07) is 7.09. The molecule has 3 rings (SSSR count). The Bertz CT molecular complexity index is 1040. The molecule has 0 saturated heterocycles. The van der Waals surface area contributed by atoms with Crippen molar-refractivity contribution in [3.8, 4) is 0 Å². The van der Waals surface area contributed by atoms with E-state index in [9.17, 15) is 9.59 Å². The number of thiophene rings is 1. The van der Waals surface area contributed by atoms with Crippen LogP contribution in [0.25, 0.3) is 10.2 Å². The van der Waals surface area contributed by atoms with E-state index in [1.54, 1.807) is 18.2 Å². The maximum Gasteiger partial charge on any atom is 0.259 e. The molecule has 2 heterocycles. The van der Waals surface area contributed by atoms with Crippen molar-refractivity contribution < 1.29 is 4.79 Å². The van der Waals surface area contributed by atoms with Gasteiger partial charge in [0.1, 0.15) is 10.7 Å². The molecular formula is C17H15ClN4O2S. The Morgan fingerprint density at radius 1 is 1.44 bits per heavy atom. The first-order valence-corrected chi connectivity index (χ1v) is 8.70. The van der Waals surface area contributed by atoms with Gasteiger partial charge in [0.25, 0.3) is 5.56 Å². The largest absolute Gasteiger partial charge is 0.309 e. The second-order valence-corrected chi connectivity index (χ2v) is 7.14. The number of hydrogen-bond acceptors (Lipinski definition) is 5. The summed E-state index contributed by atoms with van der Waals surface area (Å²) in [6.45, 7) is 3.83. The monoisotopic (exact) mass is 374 g/mol. The van der Waals surface area contributed by atoms with E-state index in [1.165, 1.54) is 17.6 Å². The minimum absolute atomic E-state index is 0.0614. The number of hydrazone groups is 1. The Hall–Kier alpha value is -2.51. The molecule has 3 aromatic rings. The van der Waals surface area contributed by atoms with Crippen LogP contribution < -0.4 is 11.0 Å². The van der Waals surface area contributed by atoms with E-state index in [-0.39, 0.29) is 17.9 Å². The number of carbonyl (C=O) groups excluding carboxylic acids is 1.